The number of hydrogen-bond donors (Lipinski definition) is 1. The van der Waals surface area contributed by atoms with Crippen molar-refractivity contribution in [2.24, 2.45) is 0 Å². The van der Waals surface area contributed by atoms with Crippen LogP contribution in [-0.2, 0) is 4.79 Å². The Bertz CT molecular complexity index is 955. The highest BCUT2D eigenvalue weighted by atomic mass is 32.2. The van der Waals surface area contributed by atoms with Crippen LogP contribution in [0.15, 0.2) is 24.3 Å². The summed E-state index contributed by atoms with van der Waals surface area (Å²) in [6, 6.07) is 9.74. The van der Waals surface area contributed by atoms with E-state index in [2.05, 4.69) is 16.3 Å². The molecule has 2 heterocycles. The molecule has 1 aromatic carbocycles. The molecule has 0 unspecified atom stereocenters. The molecule has 1 aromatic heterocycles. The number of anilines is 1. The van der Waals surface area contributed by atoms with Crippen LogP contribution in [0.3, 0.4) is 0 Å². The fourth-order valence-electron chi connectivity index (χ4n) is 3.40. The van der Waals surface area contributed by atoms with Gasteiger partial charge in [-0.15, -0.1) is 0 Å². The van der Waals surface area contributed by atoms with Crippen LogP contribution < -0.4 is 10.1 Å². The van der Waals surface area contributed by atoms with Gasteiger partial charge in [0.1, 0.15) is 22.0 Å². The molecule has 0 spiro atoms. The number of aromatic nitrogens is 1. The van der Waals surface area contributed by atoms with E-state index in [-0.39, 0.29) is 11.7 Å². The number of thioether (sulfide) groups is 1. The molecule has 8 heteroatoms. The lowest BCUT2D eigenvalue weighted by molar-refractivity contribution is -0.113. The lowest BCUT2D eigenvalue weighted by Crippen LogP contribution is -2.25. The molecule has 2 aromatic rings. The summed E-state index contributed by atoms with van der Waals surface area (Å²) in [7, 11) is 1.61. The Hall–Kier alpha value is -2.50. The van der Waals surface area contributed by atoms with Crippen LogP contribution in [0.1, 0.15) is 29.7 Å². The van der Waals surface area contributed by atoms with Gasteiger partial charge in [-0.3, -0.25) is 9.36 Å². The minimum Gasteiger partial charge on any atom is -0.497 e. The minimum absolute atomic E-state index is 0.180. The number of hydrogen-bond acceptors (Lipinski definition) is 5. The van der Waals surface area contributed by atoms with Crippen LogP contribution in [0, 0.1) is 25.2 Å². The van der Waals surface area contributed by atoms with Gasteiger partial charge in [0.05, 0.1) is 18.4 Å². The second-order valence-corrected chi connectivity index (χ2v) is 8.49. The zero-order chi connectivity index (χ0) is 21.0. The second-order valence-electron chi connectivity index (χ2n) is 6.88. The van der Waals surface area contributed by atoms with Crippen molar-refractivity contribution < 1.29 is 9.53 Å². The number of ether oxygens (including phenoxy) is 1. The number of nitrogens with one attached hydrogen (secondary N) is 1. The summed E-state index contributed by atoms with van der Waals surface area (Å²) in [6.45, 7) is 5.75. The minimum atomic E-state index is -0.180. The normalized spacial score (nSPS) is 13.2. The van der Waals surface area contributed by atoms with Crippen molar-refractivity contribution in [2.75, 3.05) is 31.3 Å². The van der Waals surface area contributed by atoms with E-state index in [1.807, 2.05) is 42.7 Å². The van der Waals surface area contributed by atoms with E-state index in [4.69, 9.17) is 17.0 Å². The Morgan fingerprint density at radius 2 is 1.93 bits per heavy atom. The highest BCUT2D eigenvalue weighted by Crippen LogP contribution is 2.31. The fourth-order valence-corrected chi connectivity index (χ4v) is 4.45. The van der Waals surface area contributed by atoms with E-state index in [1.54, 1.807) is 7.11 Å². The summed E-state index contributed by atoms with van der Waals surface area (Å²) in [5, 5.41) is 12.6. The van der Waals surface area contributed by atoms with Gasteiger partial charge >= 0.3 is 0 Å². The SMILES string of the molecule is COc1ccc(-n2c(C)c(C)c(C#N)c2NC(=O)CSC(=S)N2CCCC2)cc1. The third-order valence-corrected chi connectivity index (χ3v) is 6.63. The van der Waals surface area contributed by atoms with Crippen LogP contribution >= 0.6 is 24.0 Å². The van der Waals surface area contributed by atoms with Crippen molar-refractivity contribution in [3.8, 4) is 17.5 Å². The first-order chi connectivity index (χ1) is 14.0. The van der Waals surface area contributed by atoms with Crippen LogP contribution in [-0.4, -0.2) is 45.6 Å². The van der Waals surface area contributed by atoms with Crippen LogP contribution in [0.5, 0.6) is 5.75 Å². The number of methoxy groups -OCH3 is 1. The molecule has 0 radical (unpaired) electrons. The summed E-state index contributed by atoms with van der Waals surface area (Å²) >= 11 is 6.80. The van der Waals surface area contributed by atoms with E-state index in [0.29, 0.717) is 11.4 Å². The molecule has 1 N–H and O–H groups in total. The Labute approximate surface area is 180 Å². The molecule has 3 rings (SSSR count). The number of carbonyl (C=O) groups is 1. The summed E-state index contributed by atoms with van der Waals surface area (Å²) in [4.78, 5) is 14.8. The van der Waals surface area contributed by atoms with Gasteiger partial charge < -0.3 is 15.0 Å². The lowest BCUT2D eigenvalue weighted by atomic mass is 10.2. The predicted molar refractivity (Wildman–Crippen MR) is 121 cm³/mol. The number of nitrogens with zero attached hydrogens (tertiary/aromatic N) is 3. The molecule has 152 valence electrons. The van der Waals surface area contributed by atoms with E-state index in [1.165, 1.54) is 11.8 Å². The molecule has 1 saturated heterocycles. The zero-order valence-corrected chi connectivity index (χ0v) is 18.5. The molecule has 29 heavy (non-hydrogen) atoms. The summed E-state index contributed by atoms with van der Waals surface area (Å²) in [6.07, 6.45) is 2.29. The van der Waals surface area contributed by atoms with Gasteiger partial charge in [0, 0.05) is 24.5 Å². The fraction of sp³-hybridized carbons (Fsp3) is 0.381. The summed E-state index contributed by atoms with van der Waals surface area (Å²) in [5.74, 6) is 1.27. The van der Waals surface area contributed by atoms with Crippen molar-refractivity contribution in [1.82, 2.24) is 9.47 Å². The highest BCUT2D eigenvalue weighted by molar-refractivity contribution is 8.23. The first-order valence-corrected chi connectivity index (χ1v) is 10.8. The number of thiocarbonyl (C=S) groups is 1. The molecule has 0 aliphatic carbocycles. The lowest BCUT2D eigenvalue weighted by Gasteiger charge is -2.17. The molecule has 1 amide bonds. The number of rotatable bonds is 5. The maximum Gasteiger partial charge on any atom is 0.235 e. The Balaban J connectivity index is 1.81. The van der Waals surface area contributed by atoms with Crippen molar-refractivity contribution in [3.63, 3.8) is 0 Å². The van der Waals surface area contributed by atoms with Crippen molar-refractivity contribution >= 4 is 40.0 Å². The number of amides is 1. The zero-order valence-electron chi connectivity index (χ0n) is 16.8. The van der Waals surface area contributed by atoms with Gasteiger partial charge in [0.2, 0.25) is 5.91 Å². The summed E-state index contributed by atoms with van der Waals surface area (Å²) in [5.41, 5.74) is 3.07. The van der Waals surface area contributed by atoms with Crippen LogP contribution in [0.25, 0.3) is 5.69 Å². The molecular formula is C21H24N4O2S2. The maximum absolute atomic E-state index is 12.7. The number of nitriles is 1. The van der Waals surface area contributed by atoms with Gasteiger partial charge in [-0.05, 0) is 56.5 Å². The molecule has 6 nitrogen and oxygen atoms in total. The number of carbonyl (C=O) groups excluding carboxylic acids is 1. The van der Waals surface area contributed by atoms with Crippen molar-refractivity contribution in [3.05, 3.63) is 41.1 Å². The average molecular weight is 429 g/mol. The molecule has 0 bridgehead atoms. The topological polar surface area (TPSA) is 70.3 Å². The first-order valence-electron chi connectivity index (χ1n) is 9.44. The number of benzene rings is 1. The van der Waals surface area contributed by atoms with Crippen LogP contribution in [0.4, 0.5) is 5.82 Å². The third kappa shape index (κ3) is 4.57. The molecule has 1 aliphatic heterocycles. The first kappa shape index (κ1) is 21.2. The van der Waals surface area contributed by atoms with Gasteiger partial charge in [0.25, 0.3) is 0 Å². The monoisotopic (exact) mass is 428 g/mol. The Morgan fingerprint density at radius 1 is 1.28 bits per heavy atom. The van der Waals surface area contributed by atoms with E-state index in [9.17, 15) is 10.1 Å². The van der Waals surface area contributed by atoms with Crippen molar-refractivity contribution in [1.29, 1.82) is 5.26 Å². The molecular weight excluding hydrogens is 404 g/mol. The van der Waals surface area contributed by atoms with E-state index >= 15 is 0 Å². The van der Waals surface area contributed by atoms with Crippen molar-refractivity contribution in [2.45, 2.75) is 26.7 Å². The molecule has 0 saturated carbocycles. The van der Waals surface area contributed by atoms with Crippen LogP contribution in [0.2, 0.25) is 0 Å². The molecule has 1 aliphatic rings. The smallest absolute Gasteiger partial charge is 0.235 e. The Morgan fingerprint density at radius 3 is 2.52 bits per heavy atom. The van der Waals surface area contributed by atoms with Gasteiger partial charge in [-0.2, -0.15) is 5.26 Å². The average Bonchev–Trinajstić information content (AvgIpc) is 3.34. The quantitative estimate of drug-likeness (QED) is 0.725. The van der Waals surface area contributed by atoms with E-state index in [0.717, 1.165) is 52.9 Å². The summed E-state index contributed by atoms with van der Waals surface area (Å²) < 4.78 is 7.88. The molecule has 0 atom stereocenters. The van der Waals surface area contributed by atoms with Gasteiger partial charge in [-0.25, -0.2) is 0 Å². The standard InChI is InChI=1S/C21H24N4O2S2/c1-14-15(2)25(16-6-8-17(27-3)9-7-16)20(18(14)12-22)23-19(26)13-29-21(28)24-10-4-5-11-24/h6-9H,4-5,10-11,13H2,1-3H3,(H,23,26). The number of likely N-dealkylation sites (tertiary alicyclic amines) is 1. The van der Waals surface area contributed by atoms with Gasteiger partial charge in [0.15, 0.2) is 0 Å². The third-order valence-electron chi connectivity index (χ3n) is 5.10. The largest absolute Gasteiger partial charge is 0.497 e. The highest BCUT2D eigenvalue weighted by Gasteiger charge is 2.22. The predicted octanol–water partition coefficient (Wildman–Crippen LogP) is 4.03. The van der Waals surface area contributed by atoms with E-state index < -0.39 is 0 Å². The Kier molecular flexibility index (Phi) is 6.83. The molecule has 1 fully saturated rings. The van der Waals surface area contributed by atoms with Gasteiger partial charge in [-0.1, -0.05) is 24.0 Å². The maximum atomic E-state index is 12.7. The second kappa shape index (κ2) is 9.33.